The first-order chi connectivity index (χ1) is 15.0. The Morgan fingerprint density at radius 1 is 1.00 bits per heavy atom. The molecule has 3 aliphatic rings. The van der Waals surface area contributed by atoms with E-state index in [9.17, 15) is 15.3 Å². The van der Waals surface area contributed by atoms with Crippen LogP contribution in [-0.4, -0.2) is 108 Å². The maximum absolute atomic E-state index is 11.2. The van der Waals surface area contributed by atoms with Crippen LogP contribution < -0.4 is 28.3 Å². The van der Waals surface area contributed by atoms with Crippen LogP contribution in [0.3, 0.4) is 0 Å². The van der Waals surface area contributed by atoms with Gasteiger partial charge in [0.05, 0.1) is 20.1 Å². The molecule has 0 radical (unpaired) electrons. The molecule has 0 amide bonds. The summed E-state index contributed by atoms with van der Waals surface area (Å²) in [7, 11) is 1.78. The van der Waals surface area contributed by atoms with E-state index < -0.39 is 48.6 Å². The number of nitrogens with two attached hydrogens (primary N) is 1. The molecule has 12 nitrogen and oxygen atoms in total. The molecule has 3 fully saturated rings. The molecular weight excluding hydrogens is 422 g/mol. The lowest BCUT2D eigenvalue weighted by Crippen LogP contribution is -2.96. The average Bonchev–Trinajstić information content (AvgIpc) is 2.71. The van der Waals surface area contributed by atoms with E-state index in [2.05, 4.69) is 22.9 Å². The van der Waals surface area contributed by atoms with Gasteiger partial charge in [0, 0.05) is 6.42 Å². The lowest BCUT2D eigenvalue weighted by atomic mass is 9.84. The monoisotopic (exact) mass is 468 g/mol. The average molecular weight is 469 g/mol. The number of hydrogen-bond acceptors (Lipinski definition) is 7. The van der Waals surface area contributed by atoms with Crippen molar-refractivity contribution in [2.24, 2.45) is 0 Å². The van der Waals surface area contributed by atoms with Crippen LogP contribution in [0.4, 0.5) is 0 Å². The Balaban J connectivity index is 1.69. The number of likely N-dealkylation sites (N-methyl/N-ethyl adjacent to an activating group) is 1. The quantitative estimate of drug-likeness (QED) is 0.188. The zero-order valence-electron chi connectivity index (χ0n) is 19.6. The lowest BCUT2D eigenvalue weighted by molar-refractivity contribution is -0.695. The predicted molar refractivity (Wildman–Crippen MR) is 109 cm³/mol. The Labute approximate surface area is 188 Å². The predicted octanol–water partition coefficient (Wildman–Crippen LogP) is -7.48. The van der Waals surface area contributed by atoms with Gasteiger partial charge in [-0.25, -0.2) is 0 Å². The van der Waals surface area contributed by atoms with Crippen molar-refractivity contribution in [2.45, 2.75) is 112 Å². The maximum atomic E-state index is 11.2. The van der Waals surface area contributed by atoms with E-state index in [1.54, 1.807) is 19.3 Å². The smallest absolute Gasteiger partial charge is 0.211 e. The van der Waals surface area contributed by atoms with Crippen LogP contribution in [0.15, 0.2) is 0 Å². The number of aliphatic hydroxyl groups excluding tert-OH is 2. The van der Waals surface area contributed by atoms with Crippen molar-refractivity contribution in [3.63, 3.8) is 0 Å². The standard InChI is InChI=1S/C20H41N5O7/c1-8(21)12-5-4-9(22)18(30-12)31-15-10(23)6-11(24)16(13(15)26)32-19-14(27)17(25-3)20(2,28)7-29-19/h8-19,25-28H,4-7,21-24H2,1-3H3/p+5/t8-,9-,10+,11-,12+,13+,14-,15-,16+,17-,18-,19-,20+/m1/s1. The van der Waals surface area contributed by atoms with Crippen LogP contribution in [0.1, 0.15) is 33.1 Å². The molecule has 1 saturated carbocycles. The second-order valence-corrected chi connectivity index (χ2v) is 10.2. The normalized spacial score (nSPS) is 51.4. The highest BCUT2D eigenvalue weighted by Gasteiger charge is 2.54. The summed E-state index contributed by atoms with van der Waals surface area (Å²) < 4.78 is 24.0. The van der Waals surface area contributed by atoms with Crippen molar-refractivity contribution in [2.75, 3.05) is 13.7 Å². The fourth-order valence-electron chi connectivity index (χ4n) is 5.18. The van der Waals surface area contributed by atoms with Gasteiger partial charge in [0.15, 0.2) is 12.4 Å². The minimum absolute atomic E-state index is 0.00989. The van der Waals surface area contributed by atoms with Gasteiger partial charge in [-0.3, -0.25) is 0 Å². The molecule has 188 valence electrons. The molecule has 12 heteroatoms. The molecule has 2 aliphatic heterocycles. The molecule has 0 bridgehead atoms. The summed E-state index contributed by atoms with van der Waals surface area (Å²) in [5, 5.41) is 34.2. The van der Waals surface area contributed by atoms with Crippen LogP contribution in [0.2, 0.25) is 0 Å². The summed E-state index contributed by atoms with van der Waals surface area (Å²) in [5.74, 6) is 0. The first-order valence-electron chi connectivity index (χ1n) is 11.7. The molecule has 0 unspecified atom stereocenters. The molecule has 17 N–H and O–H groups in total. The van der Waals surface area contributed by atoms with E-state index in [1.165, 1.54) is 0 Å². The summed E-state index contributed by atoms with van der Waals surface area (Å²) in [4.78, 5) is 0. The van der Waals surface area contributed by atoms with Gasteiger partial charge in [0.25, 0.3) is 0 Å². The third-order valence-corrected chi connectivity index (χ3v) is 7.20. The third kappa shape index (κ3) is 5.43. The van der Waals surface area contributed by atoms with E-state index >= 15 is 0 Å². The van der Waals surface area contributed by atoms with E-state index in [1.807, 2.05) is 6.92 Å². The van der Waals surface area contributed by atoms with Crippen LogP contribution in [0.5, 0.6) is 0 Å². The van der Waals surface area contributed by atoms with Crippen molar-refractivity contribution in [1.82, 2.24) is 0 Å². The largest absolute Gasteiger partial charge is 0.387 e. The fraction of sp³-hybridized carbons (Fsp3) is 1.00. The Hall–Kier alpha value is -0.480. The van der Waals surface area contributed by atoms with Crippen molar-refractivity contribution in [3.05, 3.63) is 0 Å². The highest BCUT2D eigenvalue weighted by atomic mass is 16.7. The summed E-state index contributed by atoms with van der Waals surface area (Å²) in [6.07, 6.45) is -2.75. The zero-order valence-corrected chi connectivity index (χ0v) is 19.6. The number of ether oxygens (including phenoxy) is 4. The summed E-state index contributed by atoms with van der Waals surface area (Å²) >= 11 is 0. The SMILES string of the molecule is C[NH2+][C@@H]1[C@@H](O)[C@@H](O[C@@H]2[C@@H](O)[C@H](O[C@H]3O[C@H]([C@@H](C)[NH3+])CC[C@H]3[NH3+])[C@@H]([NH3+])C[C@H]2[NH3+])OC[C@]1(C)O. The van der Waals surface area contributed by atoms with Crippen LogP contribution in [0, 0.1) is 0 Å². The van der Waals surface area contributed by atoms with Gasteiger partial charge < -0.3 is 62.5 Å². The van der Waals surface area contributed by atoms with Crippen molar-refractivity contribution < 1.29 is 62.5 Å². The van der Waals surface area contributed by atoms with E-state index in [0.717, 1.165) is 12.8 Å². The summed E-state index contributed by atoms with van der Waals surface area (Å²) in [6.45, 7) is 3.64. The Morgan fingerprint density at radius 3 is 2.16 bits per heavy atom. The number of rotatable bonds is 6. The fourth-order valence-corrected chi connectivity index (χ4v) is 5.18. The van der Waals surface area contributed by atoms with Crippen molar-refractivity contribution in [1.29, 1.82) is 0 Å². The topological polar surface area (TPSA) is 225 Å². The van der Waals surface area contributed by atoms with Crippen LogP contribution >= 0.6 is 0 Å². The van der Waals surface area contributed by atoms with Gasteiger partial charge in [-0.05, 0) is 20.3 Å². The van der Waals surface area contributed by atoms with E-state index in [-0.39, 0.29) is 36.9 Å². The first kappa shape index (κ1) is 26.1. The number of aliphatic hydroxyl groups is 3. The first-order valence-corrected chi connectivity index (χ1v) is 11.7. The van der Waals surface area contributed by atoms with Crippen LogP contribution in [0.25, 0.3) is 0 Å². The Kier molecular flexibility index (Phi) is 8.51. The molecule has 32 heavy (non-hydrogen) atoms. The van der Waals surface area contributed by atoms with Gasteiger partial charge in [-0.15, -0.1) is 0 Å². The maximum Gasteiger partial charge on any atom is 0.211 e. The van der Waals surface area contributed by atoms with Gasteiger partial charge in [-0.2, -0.15) is 0 Å². The Bertz CT molecular complexity index is 615. The number of hydrogen-bond donors (Lipinski definition) is 8. The molecular formula is C20H46N5O7+5. The molecule has 1 aliphatic carbocycles. The molecule has 2 heterocycles. The molecule has 3 rings (SSSR count). The van der Waals surface area contributed by atoms with Crippen molar-refractivity contribution in [3.8, 4) is 0 Å². The van der Waals surface area contributed by atoms with Gasteiger partial charge in [-0.1, -0.05) is 0 Å². The Morgan fingerprint density at radius 2 is 1.59 bits per heavy atom. The molecule has 0 spiro atoms. The highest BCUT2D eigenvalue weighted by Crippen LogP contribution is 2.30. The van der Waals surface area contributed by atoms with E-state index in [0.29, 0.717) is 6.42 Å². The molecule has 0 aromatic rings. The van der Waals surface area contributed by atoms with Gasteiger partial charge in [0.2, 0.25) is 6.29 Å². The third-order valence-electron chi connectivity index (χ3n) is 7.20. The summed E-state index contributed by atoms with van der Waals surface area (Å²) in [5.41, 5.74) is 15.3. The van der Waals surface area contributed by atoms with E-state index in [4.69, 9.17) is 18.9 Å². The van der Waals surface area contributed by atoms with Crippen LogP contribution in [-0.2, 0) is 18.9 Å². The minimum atomic E-state index is -1.20. The van der Waals surface area contributed by atoms with Gasteiger partial charge >= 0.3 is 0 Å². The molecule has 2 saturated heterocycles. The second kappa shape index (κ2) is 10.4. The summed E-state index contributed by atoms with van der Waals surface area (Å²) in [6, 6.07) is -0.957. The zero-order chi connectivity index (χ0) is 23.8. The second-order valence-electron chi connectivity index (χ2n) is 10.2. The van der Waals surface area contributed by atoms with Crippen molar-refractivity contribution >= 4 is 0 Å². The molecule has 0 aromatic carbocycles. The molecule has 0 aromatic heterocycles. The lowest BCUT2D eigenvalue weighted by Gasteiger charge is -2.45. The van der Waals surface area contributed by atoms with Gasteiger partial charge in [0.1, 0.15) is 60.2 Å². The molecule has 13 atom stereocenters. The highest BCUT2D eigenvalue weighted by molar-refractivity contribution is 4.97. The number of quaternary nitrogens is 5. The minimum Gasteiger partial charge on any atom is -0.387 e.